The first kappa shape index (κ1) is 17.5. The highest BCUT2D eigenvalue weighted by atomic mass is 16.5. The maximum atomic E-state index is 13.5. The largest absolute Gasteiger partial charge is 0.459 e. The van der Waals surface area contributed by atoms with E-state index in [4.69, 9.17) is 9.15 Å². The monoisotopic (exact) mass is 375 g/mol. The predicted molar refractivity (Wildman–Crippen MR) is 109 cm³/mol. The molecule has 2 aliphatic carbocycles. The van der Waals surface area contributed by atoms with Crippen molar-refractivity contribution in [3.8, 4) is 0 Å². The first-order chi connectivity index (χ1) is 13.6. The molecule has 1 aromatic carbocycles. The van der Waals surface area contributed by atoms with Crippen LogP contribution in [0.15, 0.2) is 63.8 Å². The Hall–Kier alpha value is -2.59. The van der Waals surface area contributed by atoms with Gasteiger partial charge in [0, 0.05) is 35.2 Å². The lowest BCUT2D eigenvalue weighted by molar-refractivity contribution is 0.0552. The number of allylic oxidation sites excluding steroid dienone is 5. The number of benzene rings is 1. The molecule has 28 heavy (non-hydrogen) atoms. The van der Waals surface area contributed by atoms with Gasteiger partial charge in [0.05, 0.1) is 18.8 Å². The van der Waals surface area contributed by atoms with Crippen molar-refractivity contribution in [1.82, 2.24) is 4.90 Å². The SMILES string of the molecule is CC1(C)C2=C(C/C=C\C(N3CCOCC3)=C/C2)C(=O)c2c1oc1ccccc21. The number of carbonyl (C=O) groups excluding carboxylic acids is 1. The number of morpholine rings is 1. The molecule has 0 bridgehead atoms. The van der Waals surface area contributed by atoms with Crippen LogP contribution >= 0.6 is 0 Å². The summed E-state index contributed by atoms with van der Waals surface area (Å²) < 4.78 is 11.7. The van der Waals surface area contributed by atoms with Gasteiger partial charge in [-0.25, -0.2) is 0 Å². The second kappa shape index (κ2) is 6.49. The van der Waals surface area contributed by atoms with Gasteiger partial charge in [-0.2, -0.15) is 0 Å². The molecule has 4 heteroatoms. The molecule has 5 rings (SSSR count). The van der Waals surface area contributed by atoms with E-state index in [0.29, 0.717) is 6.42 Å². The Morgan fingerprint density at radius 1 is 1.07 bits per heavy atom. The maximum Gasteiger partial charge on any atom is 0.193 e. The van der Waals surface area contributed by atoms with Crippen molar-refractivity contribution in [1.29, 1.82) is 0 Å². The quantitative estimate of drug-likeness (QED) is 0.720. The molecule has 144 valence electrons. The van der Waals surface area contributed by atoms with E-state index in [2.05, 4.69) is 37.0 Å². The molecular formula is C24H25NO3. The summed E-state index contributed by atoms with van der Waals surface area (Å²) in [6.07, 6.45) is 7.99. The summed E-state index contributed by atoms with van der Waals surface area (Å²) in [5.74, 6) is 0.936. The van der Waals surface area contributed by atoms with Crippen molar-refractivity contribution in [2.45, 2.75) is 32.1 Å². The number of hydrogen-bond donors (Lipinski definition) is 0. The highest BCUT2D eigenvalue weighted by Crippen LogP contribution is 2.47. The Bertz CT molecular complexity index is 1040. The Morgan fingerprint density at radius 3 is 2.68 bits per heavy atom. The average molecular weight is 375 g/mol. The van der Waals surface area contributed by atoms with Crippen molar-refractivity contribution in [3.63, 3.8) is 0 Å². The van der Waals surface area contributed by atoms with Crippen LogP contribution in [0.25, 0.3) is 11.0 Å². The molecule has 1 aromatic heterocycles. The van der Waals surface area contributed by atoms with Crippen molar-refractivity contribution in [2.24, 2.45) is 0 Å². The van der Waals surface area contributed by atoms with E-state index in [1.165, 1.54) is 11.3 Å². The van der Waals surface area contributed by atoms with Gasteiger partial charge in [-0.1, -0.05) is 30.4 Å². The summed E-state index contributed by atoms with van der Waals surface area (Å²) >= 11 is 0. The standard InChI is InChI=1S/C24H25NO3/c1-24(2)19-11-10-16(25-12-14-27-15-13-25)6-5-8-17(19)22(26)21-18-7-3-4-9-20(18)28-23(21)24/h3-7,9-10H,8,11-15H2,1-2H3/b6-5-,16-10+. The topological polar surface area (TPSA) is 42.7 Å². The van der Waals surface area contributed by atoms with Gasteiger partial charge in [-0.3, -0.25) is 4.79 Å². The Balaban J connectivity index is 1.59. The molecule has 1 fully saturated rings. The smallest absolute Gasteiger partial charge is 0.193 e. The number of fused-ring (bicyclic) bond motifs is 3. The number of carbonyl (C=O) groups is 1. The molecule has 3 aliphatic rings. The van der Waals surface area contributed by atoms with Crippen molar-refractivity contribution in [3.05, 3.63) is 70.7 Å². The fourth-order valence-electron chi connectivity index (χ4n) is 4.74. The summed E-state index contributed by atoms with van der Waals surface area (Å²) in [4.78, 5) is 15.8. The van der Waals surface area contributed by atoms with Gasteiger partial charge in [0.1, 0.15) is 11.3 Å². The molecule has 0 radical (unpaired) electrons. The van der Waals surface area contributed by atoms with E-state index >= 15 is 0 Å². The second-order valence-electron chi connectivity index (χ2n) is 8.25. The van der Waals surface area contributed by atoms with Crippen LogP contribution in [0.5, 0.6) is 0 Å². The Labute approximate surface area is 165 Å². The average Bonchev–Trinajstić information content (AvgIpc) is 3.08. The zero-order valence-corrected chi connectivity index (χ0v) is 16.5. The summed E-state index contributed by atoms with van der Waals surface area (Å²) in [7, 11) is 0. The zero-order valence-electron chi connectivity index (χ0n) is 16.5. The lowest BCUT2D eigenvalue weighted by atomic mass is 9.69. The van der Waals surface area contributed by atoms with Crippen molar-refractivity contribution in [2.75, 3.05) is 26.3 Å². The van der Waals surface area contributed by atoms with Gasteiger partial charge in [0.2, 0.25) is 0 Å². The summed E-state index contributed by atoms with van der Waals surface area (Å²) in [6, 6.07) is 7.87. The number of para-hydroxylation sites is 1. The van der Waals surface area contributed by atoms with E-state index in [1.807, 2.05) is 24.3 Å². The highest BCUT2D eigenvalue weighted by molar-refractivity contribution is 6.18. The number of nitrogens with zero attached hydrogens (tertiary/aromatic N) is 1. The number of rotatable bonds is 1. The van der Waals surface area contributed by atoms with Crippen LogP contribution in [0.2, 0.25) is 0 Å². The van der Waals surface area contributed by atoms with E-state index in [-0.39, 0.29) is 11.2 Å². The molecule has 1 aliphatic heterocycles. The normalized spacial score (nSPS) is 24.9. The lowest BCUT2D eigenvalue weighted by Gasteiger charge is -2.35. The van der Waals surface area contributed by atoms with E-state index in [1.54, 1.807) is 0 Å². The number of hydrogen-bond acceptors (Lipinski definition) is 4. The fraction of sp³-hybridized carbons (Fsp3) is 0.375. The lowest BCUT2D eigenvalue weighted by Crippen LogP contribution is -2.35. The van der Waals surface area contributed by atoms with Gasteiger partial charge in [-0.15, -0.1) is 0 Å². The van der Waals surface area contributed by atoms with Gasteiger partial charge in [0.15, 0.2) is 5.78 Å². The number of furan rings is 1. The first-order valence-corrected chi connectivity index (χ1v) is 10.1. The van der Waals surface area contributed by atoms with Crippen molar-refractivity contribution < 1.29 is 13.9 Å². The van der Waals surface area contributed by atoms with E-state index < -0.39 is 0 Å². The number of ether oxygens (including phenoxy) is 1. The van der Waals surface area contributed by atoms with Crippen LogP contribution in [0, 0.1) is 0 Å². The minimum atomic E-state index is -0.310. The molecule has 0 unspecified atom stereocenters. The number of Topliss-reactive ketones (excluding diaryl/α,β-unsaturated/α-hetero) is 1. The summed E-state index contributed by atoms with van der Waals surface area (Å²) in [6.45, 7) is 7.74. The predicted octanol–water partition coefficient (Wildman–Crippen LogP) is 4.77. The molecule has 0 saturated carbocycles. The van der Waals surface area contributed by atoms with Gasteiger partial charge < -0.3 is 14.1 Å². The molecule has 0 amide bonds. The van der Waals surface area contributed by atoms with Crippen LogP contribution in [0.3, 0.4) is 0 Å². The van der Waals surface area contributed by atoms with Gasteiger partial charge >= 0.3 is 0 Å². The molecule has 0 atom stereocenters. The van der Waals surface area contributed by atoms with Gasteiger partial charge in [0.25, 0.3) is 0 Å². The Kier molecular flexibility index (Phi) is 4.06. The van der Waals surface area contributed by atoms with Gasteiger partial charge in [-0.05, 0) is 44.4 Å². The third-order valence-corrected chi connectivity index (χ3v) is 6.29. The minimum absolute atomic E-state index is 0.127. The van der Waals surface area contributed by atoms with E-state index in [0.717, 1.165) is 60.6 Å². The molecule has 2 heterocycles. The second-order valence-corrected chi connectivity index (χ2v) is 8.25. The molecule has 0 N–H and O–H groups in total. The highest BCUT2D eigenvalue weighted by Gasteiger charge is 2.42. The van der Waals surface area contributed by atoms with Crippen LogP contribution in [-0.2, 0) is 10.2 Å². The van der Waals surface area contributed by atoms with Crippen molar-refractivity contribution >= 4 is 16.8 Å². The molecule has 4 nitrogen and oxygen atoms in total. The van der Waals surface area contributed by atoms with Crippen LogP contribution in [0.4, 0.5) is 0 Å². The summed E-state index contributed by atoms with van der Waals surface area (Å²) in [5, 5.41) is 0.928. The molecule has 1 saturated heterocycles. The Morgan fingerprint density at radius 2 is 1.86 bits per heavy atom. The molecule has 0 spiro atoms. The third kappa shape index (κ3) is 2.59. The third-order valence-electron chi connectivity index (χ3n) is 6.29. The fourth-order valence-corrected chi connectivity index (χ4v) is 4.74. The summed E-state index contributed by atoms with van der Waals surface area (Å²) in [5.41, 5.74) is 4.58. The minimum Gasteiger partial charge on any atom is -0.459 e. The van der Waals surface area contributed by atoms with E-state index in [9.17, 15) is 4.79 Å². The van der Waals surface area contributed by atoms with Crippen LogP contribution in [-0.4, -0.2) is 37.0 Å². The maximum absolute atomic E-state index is 13.5. The zero-order chi connectivity index (χ0) is 19.3. The van der Waals surface area contributed by atoms with Crippen LogP contribution in [0.1, 0.15) is 42.8 Å². The number of ketones is 1. The van der Waals surface area contributed by atoms with Crippen LogP contribution < -0.4 is 0 Å². The molecular weight excluding hydrogens is 350 g/mol. The first-order valence-electron chi connectivity index (χ1n) is 10.1. The molecule has 2 aromatic rings.